The fourth-order valence-electron chi connectivity index (χ4n) is 3.78. The molecule has 176 valence electrons. The Balaban J connectivity index is 1.35. The molecule has 2 N–H and O–H groups in total. The van der Waals surface area contributed by atoms with Crippen LogP contribution >= 0.6 is 0 Å². The summed E-state index contributed by atoms with van der Waals surface area (Å²) in [5, 5.41) is 10.1. The smallest absolute Gasteiger partial charge is 0.294 e. The molecule has 10 nitrogen and oxygen atoms in total. The maximum Gasteiger partial charge on any atom is 0.294 e. The van der Waals surface area contributed by atoms with E-state index in [0.29, 0.717) is 35.0 Å². The fourth-order valence-corrected chi connectivity index (χ4v) is 3.78. The Hall–Kier alpha value is -4.05. The third-order valence-electron chi connectivity index (χ3n) is 5.58. The normalized spacial score (nSPS) is 16.3. The number of fused-ring (bicyclic) bond motifs is 1. The van der Waals surface area contributed by atoms with Gasteiger partial charge in [-0.3, -0.25) is 9.59 Å². The molecule has 5 rings (SSSR count). The molecule has 0 aliphatic carbocycles. The quantitative estimate of drug-likeness (QED) is 0.549. The van der Waals surface area contributed by atoms with Gasteiger partial charge in [0.1, 0.15) is 5.75 Å². The summed E-state index contributed by atoms with van der Waals surface area (Å²) in [6.07, 6.45) is 3.46. The van der Waals surface area contributed by atoms with Gasteiger partial charge in [-0.1, -0.05) is 6.07 Å². The van der Waals surface area contributed by atoms with E-state index in [0.717, 1.165) is 19.4 Å². The van der Waals surface area contributed by atoms with Crippen LogP contribution in [0.25, 0.3) is 0 Å². The first-order valence-electron chi connectivity index (χ1n) is 11.0. The second kappa shape index (κ2) is 9.44. The number of benzene rings is 2. The molecule has 1 saturated heterocycles. The highest BCUT2D eigenvalue weighted by molar-refractivity contribution is 5.95. The summed E-state index contributed by atoms with van der Waals surface area (Å²) >= 11 is 0. The van der Waals surface area contributed by atoms with E-state index in [1.807, 2.05) is 0 Å². The molecule has 1 amide bonds. The lowest BCUT2D eigenvalue weighted by Gasteiger charge is -2.14. The number of aromatic nitrogens is 2. The summed E-state index contributed by atoms with van der Waals surface area (Å²) in [5.74, 6) is 1.67. The first kappa shape index (κ1) is 21.8. The van der Waals surface area contributed by atoms with Gasteiger partial charge < -0.3 is 29.6 Å². The van der Waals surface area contributed by atoms with Crippen LogP contribution in [0.3, 0.4) is 0 Å². The minimum atomic E-state index is -0.383. The first-order chi connectivity index (χ1) is 16.6. The summed E-state index contributed by atoms with van der Waals surface area (Å²) in [6.45, 7) is 1.35. The van der Waals surface area contributed by atoms with E-state index in [9.17, 15) is 9.59 Å². The van der Waals surface area contributed by atoms with E-state index in [4.69, 9.17) is 18.9 Å². The molecule has 1 atom stereocenters. The van der Waals surface area contributed by atoms with E-state index in [1.165, 1.54) is 10.9 Å². The summed E-state index contributed by atoms with van der Waals surface area (Å²) in [5.41, 5.74) is 0.828. The average molecular weight is 464 g/mol. The summed E-state index contributed by atoms with van der Waals surface area (Å²) in [6, 6.07) is 12.0. The van der Waals surface area contributed by atoms with E-state index >= 15 is 0 Å². The lowest BCUT2D eigenvalue weighted by molar-refractivity contribution is 0.0858. The fraction of sp³-hybridized carbons (Fsp3) is 0.292. The van der Waals surface area contributed by atoms with Crippen LogP contribution in [0.4, 0.5) is 11.4 Å². The number of hydrogen-bond donors (Lipinski definition) is 2. The number of amides is 1. The number of hydrogen-bond acceptors (Lipinski definition) is 8. The average Bonchev–Trinajstić information content (AvgIpc) is 3.54. The van der Waals surface area contributed by atoms with Crippen molar-refractivity contribution in [3.8, 4) is 23.0 Å². The SMILES string of the molecule is Cn1ncc(Oc2ccc3c(c2)OCO3)c(Nc2cccc(C(=O)NCC3CCCO3)c2)c1=O. The Morgan fingerprint density at radius 2 is 2.09 bits per heavy atom. The lowest BCUT2D eigenvalue weighted by atomic mass is 10.1. The Morgan fingerprint density at radius 1 is 1.21 bits per heavy atom. The standard InChI is InChI=1S/C24H24N4O6/c1-28-24(30)22(21(13-26-28)34-17-7-8-19-20(11-17)33-14-32-19)27-16-5-2-4-15(10-16)23(29)25-12-18-6-3-9-31-18/h2,4-5,7-8,10-11,13,18,27H,3,6,9,12,14H2,1H3,(H,25,29). The van der Waals surface area contributed by atoms with Crippen LogP contribution < -0.4 is 30.4 Å². The minimum Gasteiger partial charge on any atom is -0.454 e. The van der Waals surface area contributed by atoms with Gasteiger partial charge in [0.05, 0.1) is 12.3 Å². The molecule has 2 aromatic carbocycles. The van der Waals surface area contributed by atoms with Crippen LogP contribution in [0.5, 0.6) is 23.0 Å². The largest absolute Gasteiger partial charge is 0.454 e. The maximum absolute atomic E-state index is 12.9. The van der Waals surface area contributed by atoms with Crippen LogP contribution in [0.1, 0.15) is 23.2 Å². The Labute approximate surface area is 195 Å². The third kappa shape index (κ3) is 4.67. The Bertz CT molecular complexity index is 1270. The topological polar surface area (TPSA) is 113 Å². The van der Waals surface area contributed by atoms with Gasteiger partial charge >= 0.3 is 0 Å². The molecule has 2 aliphatic rings. The van der Waals surface area contributed by atoms with Crippen molar-refractivity contribution >= 4 is 17.3 Å². The molecule has 0 spiro atoms. The summed E-state index contributed by atoms with van der Waals surface area (Å²) in [4.78, 5) is 25.5. The molecule has 1 unspecified atom stereocenters. The highest BCUT2D eigenvalue weighted by Gasteiger charge is 2.19. The third-order valence-corrected chi connectivity index (χ3v) is 5.58. The van der Waals surface area contributed by atoms with Gasteiger partial charge in [0.2, 0.25) is 6.79 Å². The summed E-state index contributed by atoms with van der Waals surface area (Å²) in [7, 11) is 1.55. The van der Waals surface area contributed by atoms with Crippen molar-refractivity contribution in [2.24, 2.45) is 7.05 Å². The van der Waals surface area contributed by atoms with Gasteiger partial charge in [0.25, 0.3) is 11.5 Å². The number of nitrogens with zero attached hydrogens (tertiary/aromatic N) is 2. The minimum absolute atomic E-state index is 0.0565. The van der Waals surface area contributed by atoms with Gasteiger partial charge in [-0.15, -0.1) is 0 Å². The molecule has 34 heavy (non-hydrogen) atoms. The van der Waals surface area contributed by atoms with Crippen LogP contribution in [-0.2, 0) is 11.8 Å². The highest BCUT2D eigenvalue weighted by atomic mass is 16.7. The zero-order valence-electron chi connectivity index (χ0n) is 18.6. The van der Waals surface area contributed by atoms with Crippen LogP contribution in [0.2, 0.25) is 0 Å². The van der Waals surface area contributed by atoms with E-state index in [2.05, 4.69) is 15.7 Å². The van der Waals surface area contributed by atoms with Crippen molar-refractivity contribution in [1.29, 1.82) is 0 Å². The number of anilines is 2. The van der Waals surface area contributed by atoms with Crippen molar-refractivity contribution in [2.75, 3.05) is 25.3 Å². The molecule has 0 saturated carbocycles. The Morgan fingerprint density at radius 3 is 2.94 bits per heavy atom. The molecule has 3 aromatic rings. The Kier molecular flexibility index (Phi) is 6.05. The molecular formula is C24H24N4O6. The number of carbonyl (C=O) groups excluding carboxylic acids is 1. The maximum atomic E-state index is 12.9. The molecule has 2 aliphatic heterocycles. The number of carbonyl (C=O) groups is 1. The van der Waals surface area contributed by atoms with Crippen molar-refractivity contribution in [1.82, 2.24) is 15.1 Å². The zero-order chi connectivity index (χ0) is 23.5. The van der Waals surface area contributed by atoms with Crippen molar-refractivity contribution in [3.63, 3.8) is 0 Å². The van der Waals surface area contributed by atoms with E-state index in [1.54, 1.807) is 49.5 Å². The van der Waals surface area contributed by atoms with Crippen LogP contribution in [0, 0.1) is 0 Å². The molecule has 10 heteroatoms. The second-order valence-electron chi connectivity index (χ2n) is 7.98. The highest BCUT2D eigenvalue weighted by Crippen LogP contribution is 2.37. The van der Waals surface area contributed by atoms with Gasteiger partial charge in [-0.25, -0.2) is 4.68 Å². The van der Waals surface area contributed by atoms with Gasteiger partial charge in [-0.2, -0.15) is 5.10 Å². The second-order valence-corrected chi connectivity index (χ2v) is 7.98. The molecule has 1 aromatic heterocycles. The number of rotatable bonds is 7. The zero-order valence-corrected chi connectivity index (χ0v) is 18.6. The predicted octanol–water partition coefficient (Wildman–Crippen LogP) is 2.95. The van der Waals surface area contributed by atoms with Gasteiger partial charge in [0.15, 0.2) is 22.9 Å². The number of nitrogens with one attached hydrogen (secondary N) is 2. The molecule has 1 fully saturated rings. The van der Waals surface area contributed by atoms with Gasteiger partial charge in [0, 0.05) is 37.5 Å². The lowest BCUT2D eigenvalue weighted by Crippen LogP contribution is -2.31. The van der Waals surface area contributed by atoms with Crippen molar-refractivity contribution in [2.45, 2.75) is 18.9 Å². The number of ether oxygens (including phenoxy) is 4. The molecule has 3 heterocycles. The molecule has 0 bridgehead atoms. The van der Waals surface area contributed by atoms with Crippen LogP contribution in [-0.4, -0.2) is 41.7 Å². The van der Waals surface area contributed by atoms with Crippen LogP contribution in [0.15, 0.2) is 53.5 Å². The number of aryl methyl sites for hydroxylation is 1. The first-order valence-corrected chi connectivity index (χ1v) is 11.0. The predicted molar refractivity (Wildman–Crippen MR) is 123 cm³/mol. The monoisotopic (exact) mass is 464 g/mol. The van der Waals surface area contributed by atoms with E-state index < -0.39 is 0 Å². The molecule has 0 radical (unpaired) electrons. The van der Waals surface area contributed by atoms with E-state index in [-0.39, 0.29) is 35.8 Å². The summed E-state index contributed by atoms with van der Waals surface area (Å²) < 4.78 is 23.4. The molecular weight excluding hydrogens is 440 g/mol. The van der Waals surface area contributed by atoms with Gasteiger partial charge in [-0.05, 0) is 43.2 Å². The van der Waals surface area contributed by atoms with Crippen molar-refractivity contribution < 1.29 is 23.7 Å². The van der Waals surface area contributed by atoms with Crippen molar-refractivity contribution in [3.05, 3.63) is 64.6 Å².